The molecule has 0 saturated carbocycles. The zero-order valence-electron chi connectivity index (χ0n) is 19.5. The van der Waals surface area contributed by atoms with E-state index < -0.39 is 23.5 Å². The quantitative estimate of drug-likeness (QED) is 0.310. The van der Waals surface area contributed by atoms with E-state index in [1.54, 1.807) is 12.1 Å². The summed E-state index contributed by atoms with van der Waals surface area (Å²) in [5.41, 5.74) is 1.25. The second kappa shape index (κ2) is 10.6. The summed E-state index contributed by atoms with van der Waals surface area (Å²) in [5, 5.41) is 11.5. The van der Waals surface area contributed by atoms with Crippen LogP contribution in [0, 0.1) is 0 Å². The number of nitrogens with zero attached hydrogens (tertiary/aromatic N) is 1. The second-order valence-electron chi connectivity index (χ2n) is 8.26. The van der Waals surface area contributed by atoms with E-state index in [2.05, 4.69) is 6.92 Å². The summed E-state index contributed by atoms with van der Waals surface area (Å²) in [5.74, 6) is -0.907. The number of carbonyl (C=O) groups excluding carboxylic acids is 2. The second-order valence-corrected chi connectivity index (χ2v) is 8.26. The maximum Gasteiger partial charge on any atom is 0.290 e. The fraction of sp³-hybridized carbons (Fsp3) is 0.333. The molecule has 0 bridgehead atoms. The van der Waals surface area contributed by atoms with Crippen molar-refractivity contribution in [3.8, 4) is 5.75 Å². The van der Waals surface area contributed by atoms with Gasteiger partial charge in [-0.05, 0) is 36.2 Å². The maximum absolute atomic E-state index is 13.5. The van der Waals surface area contributed by atoms with Crippen molar-refractivity contribution in [2.24, 2.45) is 0 Å². The van der Waals surface area contributed by atoms with Gasteiger partial charge in [0.25, 0.3) is 5.91 Å². The summed E-state index contributed by atoms with van der Waals surface area (Å²) in [7, 11) is 1.54. The number of amides is 1. The fourth-order valence-corrected chi connectivity index (χ4v) is 4.17. The average Bonchev–Trinajstić information content (AvgIpc) is 3.40. The highest BCUT2D eigenvalue weighted by molar-refractivity contribution is 6.16. The Kier molecular flexibility index (Phi) is 7.33. The van der Waals surface area contributed by atoms with Crippen molar-refractivity contribution in [3.05, 3.63) is 77.3 Å². The molecule has 2 aromatic carbocycles. The number of para-hydroxylation sites is 1. The Morgan fingerprint density at radius 3 is 2.56 bits per heavy atom. The molecule has 0 aliphatic carbocycles. The number of ether oxygens (including phenoxy) is 2. The highest BCUT2D eigenvalue weighted by Crippen LogP contribution is 2.39. The molecule has 3 aromatic rings. The summed E-state index contributed by atoms with van der Waals surface area (Å²) in [6.07, 6.45) is 3.20. The van der Waals surface area contributed by atoms with Gasteiger partial charge in [-0.25, -0.2) is 0 Å². The van der Waals surface area contributed by atoms with Crippen LogP contribution in [0.3, 0.4) is 0 Å². The first-order valence-electron chi connectivity index (χ1n) is 11.5. The number of aliphatic hydroxyl groups is 1. The van der Waals surface area contributed by atoms with Crippen LogP contribution in [0.4, 0.5) is 0 Å². The van der Waals surface area contributed by atoms with Crippen LogP contribution in [-0.4, -0.2) is 48.6 Å². The van der Waals surface area contributed by atoms with Gasteiger partial charge in [-0.1, -0.05) is 50.1 Å². The van der Waals surface area contributed by atoms with Crippen LogP contribution in [0.5, 0.6) is 5.75 Å². The SMILES string of the molecule is CCCCCOc1ccc(C2C(C(=O)c3cc4ccccc4o3)=C(O)C(=O)N2CCOC)cc1. The lowest BCUT2D eigenvalue weighted by Crippen LogP contribution is -2.34. The highest BCUT2D eigenvalue weighted by Gasteiger charge is 2.44. The largest absolute Gasteiger partial charge is 0.503 e. The molecule has 1 aliphatic rings. The molecular weight excluding hydrogens is 434 g/mol. The third-order valence-corrected chi connectivity index (χ3v) is 5.95. The van der Waals surface area contributed by atoms with Gasteiger partial charge in [0.2, 0.25) is 5.78 Å². The normalized spacial score (nSPS) is 16.0. The molecule has 1 aromatic heterocycles. The van der Waals surface area contributed by atoms with Crippen LogP contribution in [0.1, 0.15) is 48.3 Å². The number of rotatable bonds is 11. The number of furan rings is 1. The molecule has 1 aliphatic heterocycles. The maximum atomic E-state index is 13.5. The molecule has 1 unspecified atom stereocenters. The van der Waals surface area contributed by atoms with E-state index in [1.807, 2.05) is 42.5 Å². The summed E-state index contributed by atoms with van der Waals surface area (Å²) >= 11 is 0. The van der Waals surface area contributed by atoms with Crippen LogP contribution >= 0.6 is 0 Å². The molecule has 2 heterocycles. The predicted molar refractivity (Wildman–Crippen MR) is 128 cm³/mol. The fourth-order valence-electron chi connectivity index (χ4n) is 4.17. The monoisotopic (exact) mass is 463 g/mol. The van der Waals surface area contributed by atoms with Gasteiger partial charge in [0, 0.05) is 19.0 Å². The zero-order chi connectivity index (χ0) is 24.1. The number of unbranched alkanes of at least 4 members (excludes halogenated alkanes) is 2. The molecule has 1 amide bonds. The topological polar surface area (TPSA) is 89.2 Å². The van der Waals surface area contributed by atoms with Crippen molar-refractivity contribution < 1.29 is 28.6 Å². The number of aliphatic hydroxyl groups excluding tert-OH is 1. The number of Topliss-reactive ketones (excluding diaryl/α,β-unsaturated/α-hetero) is 1. The summed E-state index contributed by atoms with van der Waals surface area (Å²) in [6.45, 7) is 3.25. The number of carbonyl (C=O) groups is 2. The van der Waals surface area contributed by atoms with Gasteiger partial charge in [0.05, 0.1) is 24.8 Å². The van der Waals surface area contributed by atoms with Gasteiger partial charge in [0.1, 0.15) is 11.3 Å². The molecular formula is C27H29NO6. The minimum absolute atomic E-state index is 0.00299. The molecule has 7 heteroatoms. The number of hydrogen-bond acceptors (Lipinski definition) is 6. The Balaban J connectivity index is 1.66. The molecule has 7 nitrogen and oxygen atoms in total. The summed E-state index contributed by atoms with van der Waals surface area (Å²) in [6, 6.07) is 15.4. The lowest BCUT2D eigenvalue weighted by Gasteiger charge is -2.26. The molecule has 4 rings (SSSR count). The van der Waals surface area contributed by atoms with E-state index in [4.69, 9.17) is 13.9 Å². The van der Waals surface area contributed by atoms with Gasteiger partial charge < -0.3 is 23.9 Å². The van der Waals surface area contributed by atoms with Gasteiger partial charge in [-0.3, -0.25) is 9.59 Å². The van der Waals surface area contributed by atoms with Gasteiger partial charge >= 0.3 is 0 Å². The van der Waals surface area contributed by atoms with Crippen LogP contribution in [0.15, 0.2) is 70.3 Å². The zero-order valence-corrected chi connectivity index (χ0v) is 19.5. The number of benzene rings is 2. The number of ketones is 1. The van der Waals surface area contributed by atoms with Crippen LogP contribution in [0.25, 0.3) is 11.0 Å². The molecule has 178 valence electrons. The van der Waals surface area contributed by atoms with Crippen molar-refractivity contribution in [1.29, 1.82) is 0 Å². The first-order valence-corrected chi connectivity index (χ1v) is 11.5. The van der Waals surface area contributed by atoms with E-state index in [9.17, 15) is 14.7 Å². The van der Waals surface area contributed by atoms with E-state index >= 15 is 0 Å². The number of methoxy groups -OCH3 is 1. The smallest absolute Gasteiger partial charge is 0.290 e. The first-order chi connectivity index (χ1) is 16.5. The Hall–Kier alpha value is -3.58. The van der Waals surface area contributed by atoms with Crippen molar-refractivity contribution in [1.82, 2.24) is 4.90 Å². The lowest BCUT2D eigenvalue weighted by molar-refractivity contribution is -0.130. The van der Waals surface area contributed by atoms with Crippen molar-refractivity contribution >= 4 is 22.7 Å². The molecule has 0 fully saturated rings. The molecule has 1 N–H and O–H groups in total. The third kappa shape index (κ3) is 4.70. The Bertz CT molecular complexity index is 1160. The first kappa shape index (κ1) is 23.6. The van der Waals surface area contributed by atoms with Crippen LogP contribution < -0.4 is 4.74 Å². The van der Waals surface area contributed by atoms with E-state index in [1.165, 1.54) is 12.0 Å². The number of fused-ring (bicyclic) bond motifs is 1. The van der Waals surface area contributed by atoms with Gasteiger partial charge in [-0.2, -0.15) is 0 Å². The van der Waals surface area contributed by atoms with Gasteiger partial charge in [0.15, 0.2) is 11.5 Å². The third-order valence-electron chi connectivity index (χ3n) is 5.95. The van der Waals surface area contributed by atoms with Crippen LogP contribution in [-0.2, 0) is 9.53 Å². The standard InChI is InChI=1S/C27H29NO6/c1-3-4-7-15-33-20-12-10-18(11-13-20)24-23(26(30)27(31)28(24)14-16-32-2)25(29)22-17-19-8-5-6-9-21(19)34-22/h5-6,8-13,17,24,30H,3-4,7,14-16H2,1-2H3. The predicted octanol–water partition coefficient (Wildman–Crippen LogP) is 5.23. The minimum Gasteiger partial charge on any atom is -0.503 e. The Labute approximate surface area is 198 Å². The summed E-state index contributed by atoms with van der Waals surface area (Å²) < 4.78 is 16.7. The van der Waals surface area contributed by atoms with E-state index in [-0.39, 0.29) is 24.5 Å². The van der Waals surface area contributed by atoms with Crippen molar-refractivity contribution in [3.63, 3.8) is 0 Å². The molecule has 0 spiro atoms. The lowest BCUT2D eigenvalue weighted by atomic mass is 9.95. The summed E-state index contributed by atoms with van der Waals surface area (Å²) in [4.78, 5) is 27.9. The van der Waals surface area contributed by atoms with E-state index in [0.717, 1.165) is 24.6 Å². The minimum atomic E-state index is -0.766. The van der Waals surface area contributed by atoms with Crippen LogP contribution in [0.2, 0.25) is 0 Å². The van der Waals surface area contributed by atoms with Gasteiger partial charge in [-0.15, -0.1) is 0 Å². The molecule has 1 atom stereocenters. The molecule has 34 heavy (non-hydrogen) atoms. The molecule has 0 radical (unpaired) electrons. The van der Waals surface area contributed by atoms with Crippen molar-refractivity contribution in [2.75, 3.05) is 26.9 Å². The Morgan fingerprint density at radius 1 is 1.09 bits per heavy atom. The average molecular weight is 464 g/mol. The molecule has 0 saturated heterocycles. The highest BCUT2D eigenvalue weighted by atomic mass is 16.5. The van der Waals surface area contributed by atoms with E-state index in [0.29, 0.717) is 23.5 Å². The Morgan fingerprint density at radius 2 is 1.85 bits per heavy atom. The van der Waals surface area contributed by atoms with Crippen molar-refractivity contribution in [2.45, 2.75) is 32.2 Å². The number of hydrogen-bond donors (Lipinski definition) is 1.